The van der Waals surface area contributed by atoms with E-state index in [0.717, 1.165) is 0 Å². The molecular weight excluding hydrogens is 271 g/mol. The number of anilines is 2. The molecule has 1 aromatic heterocycles. The van der Waals surface area contributed by atoms with Crippen LogP contribution in [0.25, 0.3) is 11.3 Å². The van der Waals surface area contributed by atoms with Crippen LogP contribution in [0.15, 0.2) is 24.4 Å². The van der Waals surface area contributed by atoms with Gasteiger partial charge in [0.2, 0.25) is 0 Å². The van der Waals surface area contributed by atoms with Gasteiger partial charge in [-0.25, -0.2) is 9.97 Å². The summed E-state index contributed by atoms with van der Waals surface area (Å²) in [7, 11) is 3.74. The van der Waals surface area contributed by atoms with Crippen LogP contribution >= 0.6 is 23.2 Å². The van der Waals surface area contributed by atoms with Gasteiger partial charge in [-0.15, -0.1) is 0 Å². The summed E-state index contributed by atoms with van der Waals surface area (Å²) >= 11 is 12.1. The molecule has 1 aromatic carbocycles. The topological polar surface area (TPSA) is 55.0 Å². The van der Waals surface area contributed by atoms with Gasteiger partial charge in [0.15, 0.2) is 5.82 Å². The number of hydrogen-bond donors (Lipinski definition) is 1. The Morgan fingerprint density at radius 3 is 2.56 bits per heavy atom. The maximum atomic E-state index is 6.14. The van der Waals surface area contributed by atoms with Crippen molar-refractivity contribution in [1.82, 2.24) is 9.97 Å². The van der Waals surface area contributed by atoms with E-state index in [2.05, 4.69) is 9.97 Å². The summed E-state index contributed by atoms with van der Waals surface area (Å²) in [5, 5.41) is 0.893. The van der Waals surface area contributed by atoms with Crippen molar-refractivity contribution in [1.29, 1.82) is 0 Å². The molecular formula is C12H12Cl2N4. The second kappa shape index (κ2) is 5.00. The quantitative estimate of drug-likeness (QED) is 0.920. The third kappa shape index (κ3) is 2.35. The molecule has 2 N–H and O–H groups in total. The van der Waals surface area contributed by atoms with Crippen molar-refractivity contribution in [2.24, 2.45) is 0 Å². The number of benzene rings is 1. The number of nitrogen functional groups attached to an aromatic ring is 1. The largest absolute Gasteiger partial charge is 0.382 e. The smallest absolute Gasteiger partial charge is 0.152 e. The lowest BCUT2D eigenvalue weighted by Crippen LogP contribution is -2.12. The van der Waals surface area contributed by atoms with Crippen molar-refractivity contribution >= 4 is 34.8 Å². The Labute approximate surface area is 115 Å². The van der Waals surface area contributed by atoms with E-state index in [-0.39, 0.29) is 0 Å². The molecule has 1 heterocycles. The van der Waals surface area contributed by atoms with E-state index in [1.807, 2.05) is 25.1 Å². The Morgan fingerprint density at radius 2 is 1.94 bits per heavy atom. The summed E-state index contributed by atoms with van der Waals surface area (Å²) in [5.41, 5.74) is 7.12. The van der Waals surface area contributed by atoms with Crippen LogP contribution in [-0.4, -0.2) is 24.1 Å². The Balaban J connectivity index is 2.55. The van der Waals surface area contributed by atoms with Gasteiger partial charge in [-0.2, -0.15) is 0 Å². The summed E-state index contributed by atoms with van der Waals surface area (Å²) < 4.78 is 0. The molecule has 0 atom stereocenters. The molecule has 0 bridgehead atoms. The zero-order chi connectivity index (χ0) is 13.3. The molecule has 0 saturated heterocycles. The van der Waals surface area contributed by atoms with E-state index in [4.69, 9.17) is 28.9 Å². The highest BCUT2D eigenvalue weighted by Gasteiger charge is 2.13. The Bertz CT molecular complexity index is 584. The van der Waals surface area contributed by atoms with Crippen molar-refractivity contribution in [2.75, 3.05) is 24.7 Å². The standard InChI is InChI=1S/C12H12Cl2N4/c1-18(2)9-6-16-11(12(15)17-9)7-4-3-5-8(13)10(7)14/h3-6H,1-2H3,(H2,15,17). The Morgan fingerprint density at radius 1 is 1.22 bits per heavy atom. The lowest BCUT2D eigenvalue weighted by Gasteiger charge is -2.13. The van der Waals surface area contributed by atoms with Crippen LogP contribution in [0.2, 0.25) is 10.0 Å². The highest BCUT2D eigenvalue weighted by atomic mass is 35.5. The van der Waals surface area contributed by atoms with E-state index < -0.39 is 0 Å². The average Bonchev–Trinajstić information content (AvgIpc) is 2.33. The van der Waals surface area contributed by atoms with Crippen LogP contribution in [-0.2, 0) is 0 Å². The minimum atomic E-state index is 0.324. The highest BCUT2D eigenvalue weighted by Crippen LogP contribution is 2.34. The molecule has 2 rings (SSSR count). The monoisotopic (exact) mass is 282 g/mol. The first-order valence-electron chi connectivity index (χ1n) is 5.25. The van der Waals surface area contributed by atoms with Crippen LogP contribution < -0.4 is 10.6 Å². The predicted molar refractivity (Wildman–Crippen MR) is 76.2 cm³/mol. The molecule has 0 aliphatic rings. The first kappa shape index (κ1) is 12.9. The van der Waals surface area contributed by atoms with Gasteiger partial charge < -0.3 is 10.6 Å². The highest BCUT2D eigenvalue weighted by molar-refractivity contribution is 6.43. The number of halogens is 2. The molecule has 18 heavy (non-hydrogen) atoms. The van der Waals surface area contributed by atoms with Crippen molar-refractivity contribution in [3.8, 4) is 11.3 Å². The van der Waals surface area contributed by atoms with Crippen LogP contribution in [0, 0.1) is 0 Å². The van der Waals surface area contributed by atoms with Crippen molar-refractivity contribution in [3.63, 3.8) is 0 Å². The summed E-state index contributed by atoms with van der Waals surface area (Å²) in [6.07, 6.45) is 1.64. The van der Waals surface area contributed by atoms with Gasteiger partial charge in [0.1, 0.15) is 11.5 Å². The zero-order valence-corrected chi connectivity index (χ0v) is 11.5. The number of rotatable bonds is 2. The molecule has 0 unspecified atom stereocenters. The molecule has 2 aromatic rings. The molecule has 0 radical (unpaired) electrons. The predicted octanol–water partition coefficient (Wildman–Crippen LogP) is 3.10. The van der Waals surface area contributed by atoms with Gasteiger partial charge >= 0.3 is 0 Å². The molecule has 4 nitrogen and oxygen atoms in total. The molecule has 0 amide bonds. The molecule has 0 spiro atoms. The first-order chi connectivity index (χ1) is 8.50. The Kier molecular flexibility index (Phi) is 3.59. The summed E-state index contributed by atoms with van der Waals surface area (Å²) in [6, 6.07) is 5.32. The molecule has 6 heteroatoms. The van der Waals surface area contributed by atoms with E-state index in [9.17, 15) is 0 Å². The second-order valence-corrected chi connectivity index (χ2v) is 4.74. The normalized spacial score (nSPS) is 10.4. The minimum absolute atomic E-state index is 0.324. The fourth-order valence-corrected chi connectivity index (χ4v) is 1.89. The van der Waals surface area contributed by atoms with Gasteiger partial charge in [0.05, 0.1) is 16.2 Å². The average molecular weight is 283 g/mol. The zero-order valence-electron chi connectivity index (χ0n) is 9.98. The molecule has 0 fully saturated rings. The van der Waals surface area contributed by atoms with Crippen LogP contribution in [0.1, 0.15) is 0 Å². The molecule has 0 aliphatic carbocycles. The number of nitrogens with two attached hydrogens (primary N) is 1. The van der Waals surface area contributed by atoms with E-state index >= 15 is 0 Å². The third-order valence-electron chi connectivity index (χ3n) is 2.45. The van der Waals surface area contributed by atoms with Crippen LogP contribution in [0.3, 0.4) is 0 Å². The van der Waals surface area contributed by atoms with Crippen LogP contribution in [0.5, 0.6) is 0 Å². The van der Waals surface area contributed by atoms with Crippen LogP contribution in [0.4, 0.5) is 11.6 Å². The fraction of sp³-hybridized carbons (Fsp3) is 0.167. The molecule has 0 aliphatic heterocycles. The number of aromatic nitrogens is 2. The summed E-state index contributed by atoms with van der Waals surface area (Å²) in [5.74, 6) is 1.01. The summed E-state index contributed by atoms with van der Waals surface area (Å²) in [6.45, 7) is 0. The van der Waals surface area contributed by atoms with Gasteiger partial charge in [-0.3, -0.25) is 0 Å². The summed E-state index contributed by atoms with van der Waals surface area (Å²) in [4.78, 5) is 10.4. The van der Waals surface area contributed by atoms with Crippen molar-refractivity contribution in [2.45, 2.75) is 0 Å². The SMILES string of the molecule is CN(C)c1cnc(-c2cccc(Cl)c2Cl)c(N)n1. The fourth-order valence-electron chi connectivity index (χ4n) is 1.50. The van der Waals surface area contributed by atoms with Gasteiger partial charge in [-0.1, -0.05) is 35.3 Å². The maximum absolute atomic E-state index is 6.14. The van der Waals surface area contributed by atoms with E-state index in [1.165, 1.54) is 0 Å². The van der Waals surface area contributed by atoms with Crippen molar-refractivity contribution in [3.05, 3.63) is 34.4 Å². The number of hydrogen-bond acceptors (Lipinski definition) is 4. The Hall–Kier alpha value is -1.52. The van der Waals surface area contributed by atoms with Gasteiger partial charge in [0.25, 0.3) is 0 Å². The lowest BCUT2D eigenvalue weighted by molar-refractivity contribution is 1.05. The van der Waals surface area contributed by atoms with Crippen molar-refractivity contribution < 1.29 is 0 Å². The number of nitrogens with zero attached hydrogens (tertiary/aromatic N) is 3. The van der Waals surface area contributed by atoms with Gasteiger partial charge in [-0.05, 0) is 6.07 Å². The van der Waals surface area contributed by atoms with E-state index in [0.29, 0.717) is 32.9 Å². The maximum Gasteiger partial charge on any atom is 0.152 e. The first-order valence-corrected chi connectivity index (χ1v) is 6.00. The minimum Gasteiger partial charge on any atom is -0.382 e. The molecule has 0 saturated carbocycles. The lowest BCUT2D eigenvalue weighted by atomic mass is 10.1. The third-order valence-corrected chi connectivity index (χ3v) is 3.27. The van der Waals surface area contributed by atoms with E-state index in [1.54, 1.807) is 18.3 Å². The van der Waals surface area contributed by atoms with Gasteiger partial charge in [0, 0.05) is 19.7 Å². The molecule has 94 valence electrons. The second-order valence-electron chi connectivity index (χ2n) is 3.96.